The molecule has 2 heterocycles. The molecule has 4 nitrogen and oxygen atoms in total. The van der Waals surface area contributed by atoms with Crippen molar-refractivity contribution in [3.05, 3.63) is 80.8 Å². The minimum atomic E-state index is -0.109. The third-order valence-electron chi connectivity index (χ3n) is 7.05. The van der Waals surface area contributed by atoms with Crippen LogP contribution in [0, 0.1) is 18.3 Å². The van der Waals surface area contributed by atoms with Gasteiger partial charge < -0.3 is 10.3 Å². The number of halogens is 1. The number of benzene rings is 2. The maximum atomic E-state index is 13.6. The number of anilines is 1. The third-order valence-corrected chi connectivity index (χ3v) is 8.47. The highest BCUT2D eigenvalue weighted by atomic mass is 35.5. The van der Waals surface area contributed by atoms with E-state index in [2.05, 4.69) is 50.1 Å². The largest absolute Gasteiger partial charge is 0.358 e. The molecule has 5 rings (SSSR count). The monoisotopic (exact) mass is 503 g/mol. The van der Waals surface area contributed by atoms with E-state index in [4.69, 9.17) is 16.6 Å². The Morgan fingerprint density at radius 1 is 1.17 bits per heavy atom. The standard InChI is InChI=1S/C29H30ClN3OS/c1-17-23(21-7-5-6-8-24(21)32-17)16-31-28-26(27(34)33-20-12-10-19(30)11-13-20)22-14-9-18(29(2,3)4)15-25(22)35-28/h5-8,10-13,16,18,32H,9,14-15H2,1-4H3,(H,33,34)/t18-/m0/s1. The molecule has 0 radical (unpaired) electrons. The predicted octanol–water partition coefficient (Wildman–Crippen LogP) is 8.35. The summed E-state index contributed by atoms with van der Waals surface area (Å²) in [5.74, 6) is 0.482. The van der Waals surface area contributed by atoms with Gasteiger partial charge in [-0.15, -0.1) is 11.3 Å². The fourth-order valence-electron chi connectivity index (χ4n) is 4.95. The Hall–Kier alpha value is -2.89. The van der Waals surface area contributed by atoms with Gasteiger partial charge in [0.2, 0.25) is 0 Å². The Labute approximate surface area is 215 Å². The lowest BCUT2D eigenvalue weighted by atomic mass is 9.72. The van der Waals surface area contributed by atoms with Crippen molar-refractivity contribution in [2.75, 3.05) is 5.32 Å². The van der Waals surface area contributed by atoms with Gasteiger partial charge in [-0.2, -0.15) is 0 Å². The van der Waals surface area contributed by atoms with Crippen molar-refractivity contribution in [2.24, 2.45) is 16.3 Å². The molecule has 35 heavy (non-hydrogen) atoms. The minimum Gasteiger partial charge on any atom is -0.358 e. The highest BCUT2D eigenvalue weighted by Crippen LogP contribution is 2.45. The van der Waals surface area contributed by atoms with Crippen LogP contribution in [0.2, 0.25) is 5.02 Å². The second-order valence-corrected chi connectivity index (χ2v) is 11.9. The number of H-pyrrole nitrogens is 1. The van der Waals surface area contributed by atoms with Gasteiger partial charge in [-0.1, -0.05) is 50.6 Å². The second kappa shape index (κ2) is 9.29. The summed E-state index contributed by atoms with van der Waals surface area (Å²) < 4.78 is 0. The number of aryl methyl sites for hydroxylation is 1. The van der Waals surface area contributed by atoms with Crippen LogP contribution in [0.5, 0.6) is 0 Å². The van der Waals surface area contributed by atoms with Crippen molar-refractivity contribution in [1.29, 1.82) is 0 Å². The molecule has 0 saturated heterocycles. The summed E-state index contributed by atoms with van der Waals surface area (Å²) in [7, 11) is 0. The molecule has 6 heteroatoms. The molecule has 2 aromatic heterocycles. The molecule has 0 spiro atoms. The Kier molecular flexibility index (Phi) is 6.32. The summed E-state index contributed by atoms with van der Waals surface area (Å²) in [4.78, 5) is 23.2. The van der Waals surface area contributed by atoms with Crippen molar-refractivity contribution in [1.82, 2.24) is 4.98 Å². The topological polar surface area (TPSA) is 57.2 Å². The fraction of sp³-hybridized carbons (Fsp3) is 0.310. The smallest absolute Gasteiger partial charge is 0.259 e. The average molecular weight is 504 g/mol. The number of nitrogens with one attached hydrogen (secondary N) is 2. The molecule has 0 aliphatic heterocycles. The predicted molar refractivity (Wildman–Crippen MR) is 149 cm³/mol. The number of carbonyl (C=O) groups is 1. The molecule has 1 amide bonds. The molecule has 0 bridgehead atoms. The van der Waals surface area contributed by atoms with Crippen LogP contribution in [0.1, 0.15) is 59.2 Å². The van der Waals surface area contributed by atoms with Crippen molar-refractivity contribution < 1.29 is 4.79 Å². The minimum absolute atomic E-state index is 0.109. The van der Waals surface area contributed by atoms with Crippen LogP contribution < -0.4 is 5.32 Å². The highest BCUT2D eigenvalue weighted by Gasteiger charge is 2.33. The van der Waals surface area contributed by atoms with E-state index in [1.807, 2.05) is 30.5 Å². The highest BCUT2D eigenvalue weighted by molar-refractivity contribution is 7.16. The van der Waals surface area contributed by atoms with E-state index >= 15 is 0 Å². The normalized spacial score (nSPS) is 16.1. The molecule has 0 saturated carbocycles. The molecule has 2 N–H and O–H groups in total. The van der Waals surface area contributed by atoms with Crippen LogP contribution in [0.15, 0.2) is 53.5 Å². The van der Waals surface area contributed by atoms with Crippen LogP contribution in [0.4, 0.5) is 10.7 Å². The first-order chi connectivity index (χ1) is 16.7. The second-order valence-electron chi connectivity index (χ2n) is 10.4. The number of fused-ring (bicyclic) bond motifs is 2. The van der Waals surface area contributed by atoms with Crippen LogP contribution >= 0.6 is 22.9 Å². The lowest BCUT2D eigenvalue weighted by Crippen LogP contribution is -2.27. The first-order valence-electron chi connectivity index (χ1n) is 12.0. The van der Waals surface area contributed by atoms with Crippen molar-refractivity contribution >= 4 is 56.7 Å². The van der Waals surface area contributed by atoms with Gasteiger partial charge in [-0.25, -0.2) is 4.99 Å². The zero-order chi connectivity index (χ0) is 24.7. The summed E-state index contributed by atoms with van der Waals surface area (Å²) in [6.07, 6.45) is 4.88. The summed E-state index contributed by atoms with van der Waals surface area (Å²) in [5, 5.41) is 5.62. The fourth-order valence-corrected chi connectivity index (χ4v) is 6.35. The van der Waals surface area contributed by atoms with Crippen molar-refractivity contribution in [2.45, 2.75) is 47.0 Å². The number of para-hydroxylation sites is 1. The molecule has 1 aliphatic carbocycles. The van der Waals surface area contributed by atoms with E-state index in [1.165, 1.54) is 4.88 Å². The molecule has 1 atom stereocenters. The Morgan fingerprint density at radius 2 is 1.91 bits per heavy atom. The summed E-state index contributed by atoms with van der Waals surface area (Å²) in [6, 6.07) is 15.5. The van der Waals surface area contributed by atoms with Crippen LogP contribution in [-0.4, -0.2) is 17.1 Å². The summed E-state index contributed by atoms with van der Waals surface area (Å²) in [5.41, 5.74) is 6.04. The molecule has 0 fully saturated rings. The number of hydrogen-bond acceptors (Lipinski definition) is 3. The molecular formula is C29H30ClN3OS. The van der Waals surface area contributed by atoms with Crippen LogP contribution in [0.3, 0.4) is 0 Å². The number of thiophene rings is 1. The van der Waals surface area contributed by atoms with Gasteiger partial charge in [0.25, 0.3) is 5.91 Å². The van der Waals surface area contributed by atoms with E-state index in [0.717, 1.165) is 57.7 Å². The number of aromatic nitrogens is 1. The first kappa shape index (κ1) is 23.8. The SMILES string of the molecule is Cc1[nH]c2ccccc2c1C=Nc1sc2c(c1C(=O)Nc1ccc(Cl)cc1)CC[C@H](C(C)(C)C)C2. The zero-order valence-corrected chi connectivity index (χ0v) is 22.1. The van der Waals surface area contributed by atoms with E-state index < -0.39 is 0 Å². The van der Waals surface area contributed by atoms with Gasteiger partial charge in [0.05, 0.1) is 5.56 Å². The lowest BCUT2D eigenvalue weighted by Gasteiger charge is -2.33. The Bertz CT molecular complexity index is 1420. The number of aliphatic imine (C=N–C) groups is 1. The summed E-state index contributed by atoms with van der Waals surface area (Å²) >= 11 is 7.70. The van der Waals surface area contributed by atoms with Gasteiger partial charge >= 0.3 is 0 Å². The van der Waals surface area contributed by atoms with E-state index in [0.29, 0.717) is 16.5 Å². The molecule has 180 valence electrons. The van der Waals surface area contributed by atoms with Crippen LogP contribution in [-0.2, 0) is 12.8 Å². The molecule has 2 aromatic carbocycles. The summed E-state index contributed by atoms with van der Waals surface area (Å²) in [6.45, 7) is 8.98. The molecule has 0 unspecified atom stereocenters. The van der Waals surface area contributed by atoms with E-state index in [9.17, 15) is 4.79 Å². The Balaban J connectivity index is 1.54. The molecule has 1 aliphatic rings. The number of nitrogens with zero attached hydrogens (tertiary/aromatic N) is 1. The Morgan fingerprint density at radius 3 is 2.66 bits per heavy atom. The third kappa shape index (κ3) is 4.80. The lowest BCUT2D eigenvalue weighted by molar-refractivity contribution is 0.102. The zero-order valence-electron chi connectivity index (χ0n) is 20.5. The molecular weight excluding hydrogens is 474 g/mol. The van der Waals surface area contributed by atoms with Crippen LogP contribution in [0.25, 0.3) is 10.9 Å². The number of amides is 1. The molecule has 4 aromatic rings. The van der Waals surface area contributed by atoms with Crippen molar-refractivity contribution in [3.63, 3.8) is 0 Å². The number of aromatic amines is 1. The van der Waals surface area contributed by atoms with Gasteiger partial charge in [0, 0.05) is 44.0 Å². The number of hydrogen-bond donors (Lipinski definition) is 2. The quantitative estimate of drug-likeness (QED) is 0.270. The maximum absolute atomic E-state index is 13.6. The van der Waals surface area contributed by atoms with Gasteiger partial charge in [-0.3, -0.25) is 4.79 Å². The first-order valence-corrected chi connectivity index (χ1v) is 13.2. The number of rotatable bonds is 4. The maximum Gasteiger partial charge on any atom is 0.259 e. The van der Waals surface area contributed by atoms with E-state index in [-0.39, 0.29) is 11.3 Å². The average Bonchev–Trinajstić information content (AvgIpc) is 3.34. The number of carbonyl (C=O) groups excluding carboxylic acids is 1. The van der Waals surface area contributed by atoms with Gasteiger partial charge in [0.1, 0.15) is 5.00 Å². The van der Waals surface area contributed by atoms with Gasteiger partial charge in [0.15, 0.2) is 0 Å². The van der Waals surface area contributed by atoms with E-state index in [1.54, 1.807) is 23.5 Å². The van der Waals surface area contributed by atoms with Crippen molar-refractivity contribution in [3.8, 4) is 0 Å². The van der Waals surface area contributed by atoms with Gasteiger partial charge in [-0.05, 0) is 73.4 Å².